The lowest BCUT2D eigenvalue weighted by Crippen LogP contribution is -2.29. The highest BCUT2D eigenvalue weighted by molar-refractivity contribution is 5.89. The minimum absolute atomic E-state index is 0.249. The minimum Gasteiger partial charge on any atom is -0.493 e. The summed E-state index contributed by atoms with van der Waals surface area (Å²) in [7, 11) is 2.84. The molecule has 1 saturated carbocycles. The average molecular weight is 311 g/mol. The summed E-state index contributed by atoms with van der Waals surface area (Å²) in [5, 5.41) is 11.5. The lowest BCUT2D eigenvalue weighted by atomic mass is 10.1. The number of aliphatic carboxylic acids is 1. The summed E-state index contributed by atoms with van der Waals surface area (Å²) in [5.41, 5.74) is 0.249. The molecule has 2 rings (SSSR count). The molecule has 0 aromatic heterocycles. The van der Waals surface area contributed by atoms with Gasteiger partial charge in [-0.2, -0.15) is 0 Å². The molecule has 1 aliphatic carbocycles. The zero-order valence-electron chi connectivity index (χ0n) is 12.6. The van der Waals surface area contributed by atoms with Crippen molar-refractivity contribution in [3.63, 3.8) is 0 Å². The van der Waals surface area contributed by atoms with Crippen molar-refractivity contribution >= 4 is 11.9 Å². The van der Waals surface area contributed by atoms with E-state index in [0.717, 1.165) is 0 Å². The number of carboxylic acids is 1. The number of hydrogen-bond donors (Lipinski definition) is 2. The maximum atomic E-state index is 14.1. The van der Waals surface area contributed by atoms with E-state index in [-0.39, 0.29) is 17.2 Å². The monoisotopic (exact) mass is 311 g/mol. The highest BCUT2D eigenvalue weighted by Gasteiger charge is 2.48. The first kappa shape index (κ1) is 16.1. The van der Waals surface area contributed by atoms with Crippen LogP contribution < -0.4 is 14.8 Å². The number of carbonyl (C=O) groups excluding carboxylic acids is 1. The van der Waals surface area contributed by atoms with Gasteiger partial charge in [0, 0.05) is 11.6 Å². The van der Waals surface area contributed by atoms with Gasteiger partial charge in [-0.25, -0.2) is 4.39 Å². The summed E-state index contributed by atoms with van der Waals surface area (Å²) in [5.74, 6) is -2.45. The van der Waals surface area contributed by atoms with Gasteiger partial charge < -0.3 is 19.9 Å². The predicted molar refractivity (Wildman–Crippen MR) is 75.3 cm³/mol. The number of rotatable bonds is 6. The first-order chi connectivity index (χ1) is 10.4. The van der Waals surface area contributed by atoms with Gasteiger partial charge in [0.05, 0.1) is 32.1 Å². The lowest BCUT2D eigenvalue weighted by molar-refractivity contribution is -0.140. The largest absolute Gasteiger partial charge is 0.493 e. The molecule has 0 bridgehead atoms. The van der Waals surface area contributed by atoms with E-state index in [9.17, 15) is 14.0 Å². The summed E-state index contributed by atoms with van der Waals surface area (Å²) in [6.07, 6.45) is 0.322. The molecule has 0 unspecified atom stereocenters. The summed E-state index contributed by atoms with van der Waals surface area (Å²) >= 11 is 0. The van der Waals surface area contributed by atoms with Crippen LogP contribution in [0.15, 0.2) is 12.1 Å². The first-order valence-electron chi connectivity index (χ1n) is 6.83. The van der Waals surface area contributed by atoms with E-state index < -0.39 is 29.7 Å². The van der Waals surface area contributed by atoms with Gasteiger partial charge in [-0.1, -0.05) is 0 Å². The van der Waals surface area contributed by atoms with Crippen LogP contribution in [-0.2, 0) is 9.59 Å². The van der Waals surface area contributed by atoms with E-state index in [2.05, 4.69) is 5.32 Å². The maximum Gasteiger partial charge on any atom is 0.307 e. The standard InChI is InChI=1S/C15H18FNO5/c1-7(17-14(18)9-4-10(9)15(19)20)8-5-12(21-2)13(22-3)6-11(8)16/h5-7,9-10H,4H2,1-3H3,(H,17,18)(H,19,20)/t7-,9-,10+/m0/s1. The normalized spacial score (nSPS) is 20.9. The van der Waals surface area contributed by atoms with Crippen LogP contribution in [0.2, 0.25) is 0 Å². The van der Waals surface area contributed by atoms with Crippen LogP contribution in [0, 0.1) is 17.7 Å². The molecule has 1 aromatic rings. The van der Waals surface area contributed by atoms with Gasteiger partial charge in [-0.05, 0) is 19.4 Å². The van der Waals surface area contributed by atoms with Crippen LogP contribution in [-0.4, -0.2) is 31.2 Å². The van der Waals surface area contributed by atoms with Crippen molar-refractivity contribution in [3.05, 3.63) is 23.5 Å². The van der Waals surface area contributed by atoms with E-state index >= 15 is 0 Å². The number of amides is 1. The molecule has 22 heavy (non-hydrogen) atoms. The van der Waals surface area contributed by atoms with E-state index in [0.29, 0.717) is 12.2 Å². The Morgan fingerprint density at radius 3 is 2.36 bits per heavy atom. The molecule has 0 saturated heterocycles. The number of ether oxygens (including phenoxy) is 2. The van der Waals surface area contributed by atoms with Crippen molar-refractivity contribution in [2.24, 2.45) is 11.8 Å². The Morgan fingerprint density at radius 2 is 1.86 bits per heavy atom. The molecule has 1 amide bonds. The van der Waals surface area contributed by atoms with Gasteiger partial charge >= 0.3 is 5.97 Å². The van der Waals surface area contributed by atoms with Gasteiger partial charge in [0.1, 0.15) is 5.82 Å². The highest BCUT2D eigenvalue weighted by Crippen LogP contribution is 2.39. The summed E-state index contributed by atoms with van der Waals surface area (Å²) in [6, 6.07) is 2.04. The van der Waals surface area contributed by atoms with Crippen molar-refractivity contribution < 1.29 is 28.6 Å². The van der Waals surface area contributed by atoms with E-state index in [1.807, 2.05) is 0 Å². The smallest absolute Gasteiger partial charge is 0.307 e. The van der Waals surface area contributed by atoms with Crippen LogP contribution in [0.1, 0.15) is 24.9 Å². The Hall–Kier alpha value is -2.31. The highest BCUT2D eigenvalue weighted by atomic mass is 19.1. The molecule has 0 aliphatic heterocycles. The first-order valence-corrected chi connectivity index (χ1v) is 6.83. The number of benzene rings is 1. The van der Waals surface area contributed by atoms with Crippen LogP contribution >= 0.6 is 0 Å². The third kappa shape index (κ3) is 3.13. The molecule has 6 nitrogen and oxygen atoms in total. The number of carbonyl (C=O) groups is 2. The van der Waals surface area contributed by atoms with Gasteiger partial charge in [0.25, 0.3) is 0 Å². The third-order valence-corrected chi connectivity index (χ3v) is 3.77. The average Bonchev–Trinajstić information content (AvgIpc) is 3.27. The van der Waals surface area contributed by atoms with Gasteiger partial charge in [-0.15, -0.1) is 0 Å². The number of halogens is 1. The number of carboxylic acid groups (broad SMARTS) is 1. The number of methoxy groups -OCH3 is 2. The molecular formula is C15H18FNO5. The Kier molecular flexibility index (Phi) is 4.54. The van der Waals surface area contributed by atoms with Crippen LogP contribution in [0.3, 0.4) is 0 Å². The Bertz CT molecular complexity index is 604. The molecule has 0 spiro atoms. The SMILES string of the molecule is COc1cc(F)c([C@H](C)NC(=O)[C@H]2C[C@H]2C(=O)O)cc1OC. The fraction of sp³-hybridized carbons (Fsp3) is 0.467. The van der Waals surface area contributed by atoms with Crippen LogP contribution in [0.5, 0.6) is 11.5 Å². The summed E-state index contributed by atoms with van der Waals surface area (Å²) in [6.45, 7) is 1.63. The quantitative estimate of drug-likeness (QED) is 0.836. The molecule has 0 heterocycles. The van der Waals surface area contributed by atoms with Crippen LogP contribution in [0.25, 0.3) is 0 Å². The third-order valence-electron chi connectivity index (χ3n) is 3.77. The van der Waals surface area contributed by atoms with E-state index in [4.69, 9.17) is 14.6 Å². The van der Waals surface area contributed by atoms with E-state index in [1.165, 1.54) is 26.4 Å². The second kappa shape index (κ2) is 6.21. The van der Waals surface area contributed by atoms with E-state index in [1.54, 1.807) is 6.92 Å². The molecule has 2 N–H and O–H groups in total. The fourth-order valence-corrected chi connectivity index (χ4v) is 2.36. The lowest BCUT2D eigenvalue weighted by Gasteiger charge is -2.17. The Labute approximate surface area is 127 Å². The minimum atomic E-state index is -0.981. The fourth-order valence-electron chi connectivity index (χ4n) is 2.36. The molecule has 1 fully saturated rings. The number of hydrogen-bond acceptors (Lipinski definition) is 4. The molecule has 1 aromatic carbocycles. The van der Waals surface area contributed by atoms with Crippen LogP contribution in [0.4, 0.5) is 4.39 Å². The maximum absolute atomic E-state index is 14.1. The Balaban J connectivity index is 2.11. The Morgan fingerprint density at radius 1 is 1.27 bits per heavy atom. The van der Waals surface area contributed by atoms with Crippen molar-refractivity contribution in [1.29, 1.82) is 0 Å². The molecular weight excluding hydrogens is 293 g/mol. The summed E-state index contributed by atoms with van der Waals surface area (Å²) in [4.78, 5) is 22.7. The van der Waals surface area contributed by atoms with Gasteiger partial charge in [-0.3, -0.25) is 9.59 Å². The van der Waals surface area contributed by atoms with Crippen molar-refractivity contribution in [2.45, 2.75) is 19.4 Å². The summed E-state index contributed by atoms with van der Waals surface area (Å²) < 4.78 is 24.2. The van der Waals surface area contributed by atoms with Crippen molar-refractivity contribution in [3.8, 4) is 11.5 Å². The second-order valence-electron chi connectivity index (χ2n) is 5.25. The molecule has 3 atom stereocenters. The van der Waals surface area contributed by atoms with Gasteiger partial charge in [0.2, 0.25) is 5.91 Å². The zero-order valence-corrected chi connectivity index (χ0v) is 12.6. The van der Waals surface area contributed by atoms with Crippen molar-refractivity contribution in [1.82, 2.24) is 5.32 Å². The molecule has 0 radical (unpaired) electrons. The van der Waals surface area contributed by atoms with Gasteiger partial charge in [0.15, 0.2) is 11.5 Å². The zero-order chi connectivity index (χ0) is 16.4. The second-order valence-corrected chi connectivity index (χ2v) is 5.25. The molecule has 120 valence electrons. The predicted octanol–water partition coefficient (Wildman–Crippen LogP) is 1.74. The topological polar surface area (TPSA) is 84.9 Å². The molecule has 1 aliphatic rings. The number of nitrogens with one attached hydrogen (secondary N) is 1. The molecule has 7 heteroatoms. The van der Waals surface area contributed by atoms with Crippen molar-refractivity contribution in [2.75, 3.05) is 14.2 Å².